The fourth-order valence-electron chi connectivity index (χ4n) is 2.98. The fourth-order valence-corrected chi connectivity index (χ4v) is 2.98. The summed E-state index contributed by atoms with van der Waals surface area (Å²) in [6, 6.07) is 26.7. The maximum atomic E-state index is 13.1. The number of hydrogen-bond donors (Lipinski definition) is 0. The summed E-state index contributed by atoms with van der Waals surface area (Å²) in [6.45, 7) is 0. The first kappa shape index (κ1) is 17.7. The van der Waals surface area contributed by atoms with E-state index in [1.54, 1.807) is 12.1 Å². The number of hydrogen-bond acceptors (Lipinski definition) is 4. The van der Waals surface area contributed by atoms with Crippen molar-refractivity contribution in [2.75, 3.05) is 19.0 Å². The Balaban J connectivity index is 1.81. The molecular weight excluding hydrogens is 348 g/mol. The minimum absolute atomic E-state index is 0.143. The standard InChI is InChI=1S/C23H20N4O/c1-26(2)19-13-15-20(16-14-19)27-24-21(17-9-5-3-6-10-17)22(25-27)23(28)18-11-7-4-8-12-18/h3-16H,1-2H3. The van der Waals surface area contributed by atoms with Crippen LogP contribution in [0.15, 0.2) is 84.9 Å². The van der Waals surface area contributed by atoms with Crippen LogP contribution in [0.3, 0.4) is 0 Å². The molecule has 1 aromatic heterocycles. The lowest BCUT2D eigenvalue weighted by Crippen LogP contribution is -2.09. The lowest BCUT2D eigenvalue weighted by atomic mass is 10.0. The third-order valence-electron chi connectivity index (χ3n) is 4.51. The molecule has 3 aromatic carbocycles. The van der Waals surface area contributed by atoms with Gasteiger partial charge in [0, 0.05) is 30.9 Å². The van der Waals surface area contributed by atoms with E-state index in [1.165, 1.54) is 4.80 Å². The molecule has 0 aliphatic rings. The van der Waals surface area contributed by atoms with E-state index in [1.807, 2.05) is 91.8 Å². The zero-order valence-corrected chi connectivity index (χ0v) is 15.8. The Morgan fingerprint density at radius 2 is 1.39 bits per heavy atom. The molecule has 0 spiro atoms. The normalized spacial score (nSPS) is 10.6. The molecule has 0 saturated carbocycles. The summed E-state index contributed by atoms with van der Waals surface area (Å²) < 4.78 is 0. The molecule has 28 heavy (non-hydrogen) atoms. The maximum absolute atomic E-state index is 13.1. The SMILES string of the molecule is CN(C)c1ccc(-n2nc(C(=O)c3ccccc3)c(-c3ccccc3)n2)cc1. The third kappa shape index (κ3) is 3.42. The smallest absolute Gasteiger partial charge is 0.215 e. The molecule has 0 saturated heterocycles. The van der Waals surface area contributed by atoms with Crippen LogP contribution in [0.4, 0.5) is 5.69 Å². The van der Waals surface area contributed by atoms with Crippen LogP contribution in [0.2, 0.25) is 0 Å². The molecule has 0 amide bonds. The molecule has 5 heteroatoms. The largest absolute Gasteiger partial charge is 0.378 e. The summed E-state index contributed by atoms with van der Waals surface area (Å²) >= 11 is 0. The predicted octanol–water partition coefficient (Wildman–Crippen LogP) is 4.23. The van der Waals surface area contributed by atoms with E-state index in [0.717, 1.165) is 16.9 Å². The van der Waals surface area contributed by atoms with Gasteiger partial charge in [0.05, 0.1) is 5.69 Å². The van der Waals surface area contributed by atoms with Crippen LogP contribution in [-0.2, 0) is 0 Å². The zero-order chi connectivity index (χ0) is 19.5. The molecule has 0 radical (unpaired) electrons. The first-order valence-electron chi connectivity index (χ1n) is 9.04. The van der Waals surface area contributed by atoms with Gasteiger partial charge in [0.15, 0.2) is 5.69 Å². The Hall–Kier alpha value is -3.73. The average molecular weight is 368 g/mol. The molecule has 1 heterocycles. The number of rotatable bonds is 5. The second kappa shape index (κ2) is 7.48. The highest BCUT2D eigenvalue weighted by Gasteiger charge is 2.21. The number of ketones is 1. The lowest BCUT2D eigenvalue weighted by Gasteiger charge is -2.12. The van der Waals surface area contributed by atoms with Crippen LogP contribution in [0.25, 0.3) is 16.9 Å². The van der Waals surface area contributed by atoms with Gasteiger partial charge in [0.2, 0.25) is 5.78 Å². The molecule has 0 N–H and O–H groups in total. The van der Waals surface area contributed by atoms with E-state index in [2.05, 4.69) is 10.2 Å². The van der Waals surface area contributed by atoms with E-state index < -0.39 is 0 Å². The van der Waals surface area contributed by atoms with Crippen molar-refractivity contribution in [3.63, 3.8) is 0 Å². The van der Waals surface area contributed by atoms with Gasteiger partial charge in [-0.05, 0) is 24.3 Å². The van der Waals surface area contributed by atoms with Gasteiger partial charge in [-0.3, -0.25) is 4.79 Å². The molecule has 0 aliphatic carbocycles. The van der Waals surface area contributed by atoms with Gasteiger partial charge in [-0.25, -0.2) is 0 Å². The molecule has 4 rings (SSSR count). The van der Waals surface area contributed by atoms with Crippen molar-refractivity contribution in [3.8, 4) is 16.9 Å². The van der Waals surface area contributed by atoms with Crippen molar-refractivity contribution < 1.29 is 4.79 Å². The minimum atomic E-state index is -0.143. The van der Waals surface area contributed by atoms with Crippen molar-refractivity contribution in [1.82, 2.24) is 15.0 Å². The fraction of sp³-hybridized carbons (Fsp3) is 0.0870. The molecule has 0 atom stereocenters. The van der Waals surface area contributed by atoms with E-state index in [-0.39, 0.29) is 5.78 Å². The number of benzene rings is 3. The number of carbonyl (C=O) groups is 1. The van der Waals surface area contributed by atoms with Crippen molar-refractivity contribution >= 4 is 11.5 Å². The highest BCUT2D eigenvalue weighted by molar-refractivity contribution is 6.10. The monoisotopic (exact) mass is 368 g/mol. The highest BCUT2D eigenvalue weighted by Crippen LogP contribution is 2.24. The van der Waals surface area contributed by atoms with Crippen LogP contribution in [-0.4, -0.2) is 34.9 Å². The molecular formula is C23H20N4O. The third-order valence-corrected chi connectivity index (χ3v) is 4.51. The van der Waals surface area contributed by atoms with Crippen molar-refractivity contribution in [2.45, 2.75) is 0 Å². The first-order valence-corrected chi connectivity index (χ1v) is 9.04. The molecule has 0 bridgehead atoms. The number of anilines is 1. The van der Waals surface area contributed by atoms with Crippen LogP contribution >= 0.6 is 0 Å². The predicted molar refractivity (Wildman–Crippen MR) is 111 cm³/mol. The molecule has 138 valence electrons. The Labute approximate surface area is 163 Å². The molecule has 0 fully saturated rings. The lowest BCUT2D eigenvalue weighted by molar-refractivity contribution is 0.103. The summed E-state index contributed by atoms with van der Waals surface area (Å²) in [5.41, 5.74) is 4.25. The number of aromatic nitrogens is 3. The van der Waals surface area contributed by atoms with Gasteiger partial charge < -0.3 is 4.90 Å². The van der Waals surface area contributed by atoms with Crippen molar-refractivity contribution in [2.24, 2.45) is 0 Å². The van der Waals surface area contributed by atoms with Gasteiger partial charge in [-0.1, -0.05) is 60.7 Å². The first-order chi connectivity index (χ1) is 13.6. The summed E-state index contributed by atoms with van der Waals surface area (Å²) in [6.07, 6.45) is 0. The summed E-state index contributed by atoms with van der Waals surface area (Å²) in [4.78, 5) is 16.7. The second-order valence-electron chi connectivity index (χ2n) is 6.66. The van der Waals surface area contributed by atoms with E-state index >= 15 is 0 Å². The Morgan fingerprint density at radius 1 is 0.786 bits per heavy atom. The summed E-state index contributed by atoms with van der Waals surface area (Å²) in [5.74, 6) is -0.143. The Kier molecular flexibility index (Phi) is 4.72. The zero-order valence-electron chi connectivity index (χ0n) is 15.8. The van der Waals surface area contributed by atoms with Crippen molar-refractivity contribution in [1.29, 1.82) is 0 Å². The number of nitrogens with zero attached hydrogens (tertiary/aromatic N) is 4. The van der Waals surface area contributed by atoms with Crippen LogP contribution < -0.4 is 4.90 Å². The minimum Gasteiger partial charge on any atom is -0.378 e. The Bertz CT molecular complexity index is 1080. The number of carbonyl (C=O) groups excluding carboxylic acids is 1. The maximum Gasteiger partial charge on any atom is 0.215 e. The van der Waals surface area contributed by atoms with Gasteiger partial charge in [0.25, 0.3) is 0 Å². The quantitative estimate of drug-likeness (QED) is 0.495. The van der Waals surface area contributed by atoms with Crippen molar-refractivity contribution in [3.05, 3.63) is 96.2 Å². The Morgan fingerprint density at radius 3 is 2.00 bits per heavy atom. The molecule has 5 nitrogen and oxygen atoms in total. The van der Waals surface area contributed by atoms with Gasteiger partial charge in [-0.15, -0.1) is 10.2 Å². The van der Waals surface area contributed by atoms with E-state index in [9.17, 15) is 4.79 Å². The van der Waals surface area contributed by atoms with E-state index in [4.69, 9.17) is 0 Å². The van der Waals surface area contributed by atoms with Gasteiger partial charge in [0.1, 0.15) is 5.69 Å². The van der Waals surface area contributed by atoms with Crippen LogP contribution in [0.5, 0.6) is 0 Å². The highest BCUT2D eigenvalue weighted by atomic mass is 16.1. The van der Waals surface area contributed by atoms with Crippen LogP contribution in [0, 0.1) is 0 Å². The van der Waals surface area contributed by atoms with Gasteiger partial charge >= 0.3 is 0 Å². The topological polar surface area (TPSA) is 51.0 Å². The van der Waals surface area contributed by atoms with E-state index in [0.29, 0.717) is 17.0 Å². The summed E-state index contributed by atoms with van der Waals surface area (Å²) in [5, 5.41) is 9.19. The molecule has 4 aromatic rings. The van der Waals surface area contributed by atoms with Crippen LogP contribution in [0.1, 0.15) is 16.1 Å². The van der Waals surface area contributed by atoms with Gasteiger partial charge in [-0.2, -0.15) is 4.80 Å². The average Bonchev–Trinajstić information content (AvgIpc) is 3.20. The second-order valence-corrected chi connectivity index (χ2v) is 6.66. The summed E-state index contributed by atoms with van der Waals surface area (Å²) in [7, 11) is 3.98. The molecule has 0 aliphatic heterocycles. The molecule has 0 unspecified atom stereocenters.